The van der Waals surface area contributed by atoms with Gasteiger partial charge in [0.15, 0.2) is 0 Å². The molecule has 1 aliphatic heterocycles. The molecule has 0 radical (unpaired) electrons. The molecule has 0 bridgehead atoms. The predicted octanol–water partition coefficient (Wildman–Crippen LogP) is 1.16. The summed E-state index contributed by atoms with van der Waals surface area (Å²) >= 11 is 0. The molecule has 0 spiro atoms. The van der Waals surface area contributed by atoms with E-state index in [1.165, 1.54) is 0 Å². The third-order valence-corrected chi connectivity index (χ3v) is 2.87. The van der Waals surface area contributed by atoms with E-state index in [1.54, 1.807) is 0 Å². The van der Waals surface area contributed by atoms with Crippen molar-refractivity contribution in [1.29, 1.82) is 0 Å². The third kappa shape index (κ3) is 2.87. The molecule has 1 rings (SSSR count). The van der Waals surface area contributed by atoms with E-state index >= 15 is 0 Å². The van der Waals surface area contributed by atoms with Crippen LogP contribution in [0.5, 0.6) is 0 Å². The monoisotopic (exact) mass is 304 g/mol. The highest BCUT2D eigenvalue weighted by molar-refractivity contribution is 7.87. The van der Waals surface area contributed by atoms with Gasteiger partial charge in [0, 0.05) is 0 Å². The van der Waals surface area contributed by atoms with E-state index in [0.29, 0.717) is 0 Å². The van der Waals surface area contributed by atoms with Gasteiger partial charge in [0.05, 0.1) is 13.2 Å². The summed E-state index contributed by atoms with van der Waals surface area (Å²) in [5.74, 6) is -3.49. The van der Waals surface area contributed by atoms with Gasteiger partial charge in [-0.3, -0.25) is 4.18 Å². The molecule has 1 fully saturated rings. The fourth-order valence-corrected chi connectivity index (χ4v) is 1.45. The van der Waals surface area contributed by atoms with Crippen LogP contribution in [0.15, 0.2) is 0 Å². The van der Waals surface area contributed by atoms with E-state index in [4.69, 9.17) is 0 Å². The van der Waals surface area contributed by atoms with Gasteiger partial charge in [-0.15, -0.1) is 0 Å². The van der Waals surface area contributed by atoms with Crippen LogP contribution >= 0.6 is 0 Å². The molecule has 0 saturated carbocycles. The summed E-state index contributed by atoms with van der Waals surface area (Å²) < 4.78 is 105. The molecular formula is C6H6F6O5S. The zero-order chi connectivity index (χ0) is 14.2. The summed E-state index contributed by atoms with van der Waals surface area (Å²) in [6.07, 6.45) is -5.23. The van der Waals surface area contributed by atoms with Crippen LogP contribution in [0.4, 0.5) is 26.3 Å². The molecule has 1 heterocycles. The Morgan fingerprint density at radius 3 is 1.83 bits per heavy atom. The molecular weight excluding hydrogens is 298 g/mol. The SMILES string of the molecule is O=S(=O)(OCC1(C(F)(F)F)OCCO1)C(F)(F)F. The Hall–Kier alpha value is -0.590. The number of ether oxygens (including phenoxy) is 2. The van der Waals surface area contributed by atoms with E-state index in [1.807, 2.05) is 0 Å². The van der Waals surface area contributed by atoms with E-state index < -0.39 is 47.4 Å². The Morgan fingerprint density at radius 2 is 1.50 bits per heavy atom. The second kappa shape index (κ2) is 4.51. The van der Waals surface area contributed by atoms with Gasteiger partial charge in [0.2, 0.25) is 0 Å². The van der Waals surface area contributed by atoms with Crippen molar-refractivity contribution in [2.24, 2.45) is 0 Å². The van der Waals surface area contributed by atoms with Crippen LogP contribution in [0.3, 0.4) is 0 Å². The van der Waals surface area contributed by atoms with Gasteiger partial charge in [-0.2, -0.15) is 34.8 Å². The van der Waals surface area contributed by atoms with Crippen LogP contribution < -0.4 is 0 Å². The summed E-state index contributed by atoms with van der Waals surface area (Å²) in [4.78, 5) is 0. The second-order valence-corrected chi connectivity index (χ2v) is 4.72. The number of alkyl halides is 6. The number of hydrogen-bond acceptors (Lipinski definition) is 5. The van der Waals surface area contributed by atoms with E-state index in [0.717, 1.165) is 0 Å². The average Bonchev–Trinajstić information content (AvgIpc) is 2.61. The van der Waals surface area contributed by atoms with Crippen molar-refractivity contribution in [3.05, 3.63) is 0 Å². The molecule has 108 valence electrons. The highest BCUT2D eigenvalue weighted by Gasteiger charge is 2.62. The molecule has 5 nitrogen and oxygen atoms in total. The summed E-state index contributed by atoms with van der Waals surface area (Å²) in [7, 11) is -6.14. The fraction of sp³-hybridized carbons (Fsp3) is 1.00. The minimum Gasteiger partial charge on any atom is -0.338 e. The van der Waals surface area contributed by atoms with Crippen molar-refractivity contribution in [1.82, 2.24) is 0 Å². The first-order valence-electron chi connectivity index (χ1n) is 4.22. The largest absolute Gasteiger partial charge is 0.523 e. The summed E-state index contributed by atoms with van der Waals surface area (Å²) in [6, 6.07) is 0. The van der Waals surface area contributed by atoms with Gasteiger partial charge in [-0.05, 0) is 0 Å². The highest BCUT2D eigenvalue weighted by Crippen LogP contribution is 2.39. The zero-order valence-electron chi connectivity index (χ0n) is 8.34. The van der Waals surface area contributed by atoms with Gasteiger partial charge >= 0.3 is 21.8 Å². The fourth-order valence-electron chi connectivity index (χ4n) is 1.01. The van der Waals surface area contributed by atoms with E-state index in [-0.39, 0.29) is 0 Å². The quantitative estimate of drug-likeness (QED) is 0.445. The van der Waals surface area contributed by atoms with E-state index in [9.17, 15) is 34.8 Å². The summed E-state index contributed by atoms with van der Waals surface area (Å²) in [6.45, 7) is -3.05. The zero-order valence-corrected chi connectivity index (χ0v) is 9.16. The summed E-state index contributed by atoms with van der Waals surface area (Å²) in [5, 5.41) is 0. The Kier molecular flexibility index (Phi) is 3.87. The van der Waals surface area contributed by atoms with Crippen molar-refractivity contribution in [3.63, 3.8) is 0 Å². The molecule has 0 aliphatic carbocycles. The standard InChI is InChI=1S/C6H6F6O5S/c7-5(8,9)4(15-1-2-16-4)3-17-18(13,14)6(10,11)12/h1-3H2. The lowest BCUT2D eigenvalue weighted by Gasteiger charge is -2.28. The Labute approximate surface area is 96.7 Å². The molecule has 0 atom stereocenters. The predicted molar refractivity (Wildman–Crippen MR) is 41.6 cm³/mol. The van der Waals surface area contributed by atoms with Gasteiger partial charge in [-0.1, -0.05) is 0 Å². The topological polar surface area (TPSA) is 61.8 Å². The maximum atomic E-state index is 12.5. The summed E-state index contributed by atoms with van der Waals surface area (Å²) in [5.41, 5.74) is -5.82. The molecule has 0 unspecified atom stereocenters. The molecule has 12 heteroatoms. The van der Waals surface area contributed by atoms with Crippen LogP contribution in [0, 0.1) is 0 Å². The smallest absolute Gasteiger partial charge is 0.338 e. The molecule has 0 N–H and O–H groups in total. The van der Waals surface area contributed by atoms with Crippen molar-refractivity contribution >= 4 is 10.1 Å². The van der Waals surface area contributed by atoms with Crippen molar-refractivity contribution in [2.45, 2.75) is 17.5 Å². The third-order valence-electron chi connectivity index (χ3n) is 1.87. The molecule has 0 aromatic rings. The molecule has 0 aromatic heterocycles. The van der Waals surface area contributed by atoms with Crippen molar-refractivity contribution in [2.75, 3.05) is 19.8 Å². The lowest BCUT2D eigenvalue weighted by molar-refractivity contribution is -0.350. The Morgan fingerprint density at radius 1 is 1.06 bits per heavy atom. The molecule has 0 amide bonds. The first-order chi connectivity index (χ1) is 7.91. The van der Waals surface area contributed by atoms with Crippen molar-refractivity contribution in [3.8, 4) is 0 Å². The second-order valence-electron chi connectivity index (χ2n) is 3.11. The highest BCUT2D eigenvalue weighted by atomic mass is 32.2. The lowest BCUT2D eigenvalue weighted by atomic mass is 10.3. The van der Waals surface area contributed by atoms with Crippen molar-refractivity contribution < 1.29 is 48.4 Å². The Balaban J connectivity index is 2.84. The average molecular weight is 304 g/mol. The minimum atomic E-state index is -6.14. The number of rotatable bonds is 3. The minimum absolute atomic E-state index is 0.547. The molecule has 18 heavy (non-hydrogen) atoms. The van der Waals surface area contributed by atoms with Crippen LogP contribution in [-0.4, -0.2) is 45.7 Å². The van der Waals surface area contributed by atoms with Gasteiger partial charge < -0.3 is 9.47 Å². The van der Waals surface area contributed by atoms with Gasteiger partial charge in [-0.25, -0.2) is 0 Å². The normalized spacial score (nSPS) is 21.2. The van der Waals surface area contributed by atoms with Crippen LogP contribution in [-0.2, 0) is 23.8 Å². The number of hydrogen-bond donors (Lipinski definition) is 0. The maximum Gasteiger partial charge on any atom is 0.523 e. The lowest BCUT2D eigenvalue weighted by Crippen LogP contribution is -2.51. The maximum absolute atomic E-state index is 12.5. The Bertz CT molecular complexity index is 392. The van der Waals surface area contributed by atoms with Gasteiger partial charge in [0.25, 0.3) is 5.79 Å². The van der Waals surface area contributed by atoms with Gasteiger partial charge in [0.1, 0.15) is 6.61 Å². The first kappa shape index (κ1) is 15.5. The van der Waals surface area contributed by atoms with Crippen LogP contribution in [0.2, 0.25) is 0 Å². The first-order valence-corrected chi connectivity index (χ1v) is 5.62. The van der Waals surface area contributed by atoms with Crippen LogP contribution in [0.25, 0.3) is 0 Å². The molecule has 1 saturated heterocycles. The molecule has 1 aliphatic rings. The number of halogens is 6. The molecule has 0 aromatic carbocycles. The van der Waals surface area contributed by atoms with E-state index in [2.05, 4.69) is 13.7 Å². The van der Waals surface area contributed by atoms with Crippen LogP contribution in [0.1, 0.15) is 0 Å².